The van der Waals surface area contributed by atoms with Crippen molar-refractivity contribution in [1.82, 2.24) is 19.7 Å². The lowest BCUT2D eigenvalue weighted by Crippen LogP contribution is -2.26. The molecule has 7 nitrogen and oxygen atoms in total. The molecule has 0 aliphatic heterocycles. The van der Waals surface area contributed by atoms with Crippen LogP contribution in [0.2, 0.25) is 0 Å². The smallest absolute Gasteiger partial charge is 0.348 e. The highest BCUT2D eigenvalue weighted by molar-refractivity contribution is 7.20. The van der Waals surface area contributed by atoms with Crippen LogP contribution in [0.25, 0.3) is 32.3 Å². The Balaban J connectivity index is 1.61. The molecule has 0 radical (unpaired) electrons. The molecule has 0 fully saturated rings. The number of hydrogen-bond donors (Lipinski definition) is 0. The number of likely N-dealkylation sites (N-methyl/N-ethyl adjacent to an activating group) is 1. The van der Waals surface area contributed by atoms with Crippen molar-refractivity contribution in [3.05, 3.63) is 60.0 Å². The summed E-state index contributed by atoms with van der Waals surface area (Å²) in [4.78, 5) is 30.2. The Bertz CT molecular complexity index is 1220. The van der Waals surface area contributed by atoms with E-state index < -0.39 is 0 Å². The summed E-state index contributed by atoms with van der Waals surface area (Å²) in [5, 5.41) is 5.25. The maximum absolute atomic E-state index is 11.9. The number of nitrogens with zero attached hydrogens (tertiary/aromatic N) is 4. The van der Waals surface area contributed by atoms with Crippen LogP contribution in [0.4, 0.5) is 0 Å². The first-order valence-corrected chi connectivity index (χ1v) is 10.1. The van der Waals surface area contributed by atoms with E-state index in [1.54, 1.807) is 42.3 Å². The topological polar surface area (TPSA) is 77.3 Å². The molecule has 0 unspecified atom stereocenters. The number of benzene rings is 1. The van der Waals surface area contributed by atoms with Crippen LogP contribution in [0.5, 0.6) is 0 Å². The predicted octanol–water partition coefficient (Wildman–Crippen LogP) is 3.70. The molecule has 0 spiro atoms. The van der Waals surface area contributed by atoms with Crippen LogP contribution in [0.3, 0.4) is 0 Å². The van der Waals surface area contributed by atoms with Gasteiger partial charge in [-0.05, 0) is 17.2 Å². The fourth-order valence-corrected chi connectivity index (χ4v) is 4.09. The first-order valence-electron chi connectivity index (χ1n) is 9.25. The van der Waals surface area contributed by atoms with Gasteiger partial charge in [-0.15, -0.1) is 11.3 Å². The van der Waals surface area contributed by atoms with E-state index in [0.717, 1.165) is 32.3 Å². The molecule has 4 aromatic rings. The van der Waals surface area contributed by atoms with E-state index in [2.05, 4.69) is 10.1 Å². The van der Waals surface area contributed by atoms with Crippen LogP contribution in [-0.4, -0.2) is 52.7 Å². The molecule has 0 saturated heterocycles. The Morgan fingerprint density at radius 2 is 1.80 bits per heavy atom. The highest BCUT2D eigenvalue weighted by Gasteiger charge is 2.14. The summed E-state index contributed by atoms with van der Waals surface area (Å²) in [6.07, 6.45) is 7.17. The van der Waals surface area contributed by atoms with E-state index in [-0.39, 0.29) is 18.4 Å². The van der Waals surface area contributed by atoms with Crippen LogP contribution in [0.1, 0.15) is 9.67 Å². The molecule has 8 heteroatoms. The van der Waals surface area contributed by atoms with Crippen molar-refractivity contribution in [3.8, 4) is 22.3 Å². The molecule has 30 heavy (non-hydrogen) atoms. The lowest BCUT2D eigenvalue weighted by Gasteiger charge is -2.09. The van der Waals surface area contributed by atoms with Gasteiger partial charge in [0, 0.05) is 49.2 Å². The zero-order valence-electron chi connectivity index (χ0n) is 16.8. The number of thiophene rings is 1. The van der Waals surface area contributed by atoms with E-state index in [4.69, 9.17) is 4.74 Å². The second kappa shape index (κ2) is 8.08. The second-order valence-corrected chi connectivity index (χ2v) is 8.08. The minimum atomic E-state index is -0.345. The van der Waals surface area contributed by atoms with Gasteiger partial charge in [0.15, 0.2) is 0 Å². The van der Waals surface area contributed by atoms with E-state index in [1.165, 1.54) is 18.4 Å². The van der Waals surface area contributed by atoms with Crippen molar-refractivity contribution in [3.63, 3.8) is 0 Å². The second-order valence-electron chi connectivity index (χ2n) is 6.99. The summed E-state index contributed by atoms with van der Waals surface area (Å²) in [5.74, 6) is -0.357. The fraction of sp³-hybridized carbons (Fsp3) is 0.182. The standard InChI is InChI=1S/C22H20N4O3S/c1-25(2)21(27)13-26-12-16(9-24-26)14-4-6-15(7-5-14)18-10-23-11-20-17(18)8-19(30-20)22(28)29-3/h4-12H,13H2,1-3H3. The van der Waals surface area contributed by atoms with Crippen LogP contribution in [0, 0.1) is 0 Å². The van der Waals surface area contributed by atoms with Gasteiger partial charge >= 0.3 is 5.97 Å². The van der Waals surface area contributed by atoms with Gasteiger partial charge in [-0.2, -0.15) is 5.10 Å². The maximum Gasteiger partial charge on any atom is 0.348 e. The van der Waals surface area contributed by atoms with E-state index in [9.17, 15) is 9.59 Å². The molecule has 0 bridgehead atoms. The molecule has 3 heterocycles. The summed E-state index contributed by atoms with van der Waals surface area (Å²) >= 11 is 1.37. The van der Waals surface area contributed by atoms with Gasteiger partial charge in [0.25, 0.3) is 0 Å². The molecule has 152 valence electrons. The van der Waals surface area contributed by atoms with Gasteiger partial charge in [-0.25, -0.2) is 4.79 Å². The van der Waals surface area contributed by atoms with E-state index >= 15 is 0 Å². The number of pyridine rings is 1. The normalized spacial score (nSPS) is 10.9. The Morgan fingerprint density at radius 1 is 1.07 bits per heavy atom. The molecule has 0 aliphatic rings. The largest absolute Gasteiger partial charge is 0.465 e. The molecule has 4 rings (SSSR count). The zero-order chi connectivity index (χ0) is 21.3. The van der Waals surface area contributed by atoms with Crippen LogP contribution in [-0.2, 0) is 16.1 Å². The minimum absolute atomic E-state index is 0.0114. The van der Waals surface area contributed by atoms with Gasteiger partial charge in [0.1, 0.15) is 11.4 Å². The van der Waals surface area contributed by atoms with Gasteiger partial charge in [0.05, 0.1) is 18.0 Å². The van der Waals surface area contributed by atoms with Crippen molar-refractivity contribution in [2.75, 3.05) is 21.2 Å². The number of amides is 1. The molecular formula is C22H20N4O3S. The maximum atomic E-state index is 11.9. The third-order valence-corrected chi connectivity index (χ3v) is 5.84. The number of hydrogen-bond acceptors (Lipinski definition) is 6. The monoisotopic (exact) mass is 420 g/mol. The summed E-state index contributed by atoms with van der Waals surface area (Å²) < 4.78 is 7.40. The lowest BCUT2D eigenvalue weighted by molar-refractivity contribution is -0.129. The number of methoxy groups -OCH3 is 1. The highest BCUT2D eigenvalue weighted by atomic mass is 32.1. The number of aromatic nitrogens is 3. The average Bonchev–Trinajstić information content (AvgIpc) is 3.40. The van der Waals surface area contributed by atoms with Crippen molar-refractivity contribution in [2.45, 2.75) is 6.54 Å². The number of carbonyl (C=O) groups is 2. The molecule has 0 aliphatic carbocycles. The third kappa shape index (κ3) is 3.81. The molecule has 1 aromatic carbocycles. The Hall–Kier alpha value is -3.52. The first-order chi connectivity index (χ1) is 14.5. The van der Waals surface area contributed by atoms with Crippen LogP contribution in [0.15, 0.2) is 55.1 Å². The molecule has 1 amide bonds. The Kier molecular flexibility index (Phi) is 5.33. The fourth-order valence-electron chi connectivity index (χ4n) is 3.11. The molecule has 0 saturated carbocycles. The summed E-state index contributed by atoms with van der Waals surface area (Å²) in [7, 11) is 4.83. The van der Waals surface area contributed by atoms with Gasteiger partial charge < -0.3 is 9.64 Å². The third-order valence-electron chi connectivity index (χ3n) is 4.79. The van der Waals surface area contributed by atoms with Crippen molar-refractivity contribution >= 4 is 33.3 Å². The van der Waals surface area contributed by atoms with E-state index in [1.807, 2.05) is 36.5 Å². The van der Waals surface area contributed by atoms with Crippen molar-refractivity contribution in [1.29, 1.82) is 0 Å². The molecule has 3 aromatic heterocycles. The number of esters is 1. The van der Waals surface area contributed by atoms with Gasteiger partial charge in [0.2, 0.25) is 5.91 Å². The van der Waals surface area contributed by atoms with Crippen molar-refractivity contribution in [2.24, 2.45) is 0 Å². The highest BCUT2D eigenvalue weighted by Crippen LogP contribution is 2.34. The van der Waals surface area contributed by atoms with Crippen LogP contribution < -0.4 is 0 Å². The molecular weight excluding hydrogens is 400 g/mol. The van der Waals surface area contributed by atoms with E-state index in [0.29, 0.717) is 4.88 Å². The summed E-state index contributed by atoms with van der Waals surface area (Å²) in [6, 6.07) is 9.91. The average molecular weight is 420 g/mol. The lowest BCUT2D eigenvalue weighted by atomic mass is 10.0. The number of ether oxygens (including phenoxy) is 1. The number of fused-ring (bicyclic) bond motifs is 1. The molecule has 0 atom stereocenters. The Morgan fingerprint density at radius 3 is 2.50 bits per heavy atom. The van der Waals surface area contributed by atoms with Crippen molar-refractivity contribution < 1.29 is 14.3 Å². The predicted molar refractivity (Wildman–Crippen MR) is 116 cm³/mol. The van der Waals surface area contributed by atoms with Gasteiger partial charge in [-0.1, -0.05) is 24.3 Å². The Labute approximate surface area is 177 Å². The summed E-state index contributed by atoms with van der Waals surface area (Å²) in [6.45, 7) is 0.208. The van der Waals surface area contributed by atoms with Crippen LogP contribution >= 0.6 is 11.3 Å². The first kappa shape index (κ1) is 19.8. The van der Waals surface area contributed by atoms with Gasteiger partial charge in [-0.3, -0.25) is 14.5 Å². The minimum Gasteiger partial charge on any atom is -0.465 e. The molecule has 0 N–H and O–H groups in total. The summed E-state index contributed by atoms with van der Waals surface area (Å²) in [5.41, 5.74) is 3.90. The number of carbonyl (C=O) groups excluding carboxylic acids is 2. The quantitative estimate of drug-likeness (QED) is 0.460. The zero-order valence-corrected chi connectivity index (χ0v) is 17.6. The number of rotatable bonds is 5. The SMILES string of the molecule is COC(=O)c1cc2c(-c3ccc(-c4cnn(CC(=O)N(C)C)c4)cc3)cncc2s1.